The van der Waals surface area contributed by atoms with E-state index in [1.165, 1.54) is 6.26 Å². The highest BCUT2D eigenvalue weighted by Gasteiger charge is 2.29. The first-order chi connectivity index (χ1) is 12.1. The Balaban J connectivity index is 1.58. The van der Waals surface area contributed by atoms with E-state index in [4.69, 9.17) is 16.0 Å². The van der Waals surface area contributed by atoms with E-state index in [0.717, 1.165) is 29.8 Å². The summed E-state index contributed by atoms with van der Waals surface area (Å²) >= 11 is 6.24. The number of aryl methyl sites for hydroxylation is 1. The molecule has 1 unspecified atom stereocenters. The summed E-state index contributed by atoms with van der Waals surface area (Å²) in [5.74, 6) is 0.188. The Morgan fingerprint density at radius 2 is 2.12 bits per heavy atom. The number of carbonyl (C=O) groups is 2. The topological polar surface area (TPSA) is 62.6 Å². The predicted molar refractivity (Wildman–Crippen MR) is 95.7 cm³/mol. The van der Waals surface area contributed by atoms with Gasteiger partial charge < -0.3 is 14.6 Å². The molecule has 1 atom stereocenters. The Hall–Kier alpha value is -2.27. The summed E-state index contributed by atoms with van der Waals surface area (Å²) in [6.45, 7) is 2.42. The van der Waals surface area contributed by atoms with Crippen LogP contribution in [-0.2, 0) is 11.2 Å². The van der Waals surface area contributed by atoms with Crippen LogP contribution < -0.4 is 5.32 Å². The minimum absolute atomic E-state index is 0.0114. The third kappa shape index (κ3) is 4.04. The monoisotopic (exact) mass is 360 g/mol. The molecule has 0 radical (unpaired) electrons. The number of benzene rings is 1. The van der Waals surface area contributed by atoms with Gasteiger partial charge in [0.2, 0.25) is 5.91 Å². The second-order valence-electron chi connectivity index (χ2n) is 6.25. The Bertz CT molecular complexity index is 772. The lowest BCUT2D eigenvalue weighted by Crippen LogP contribution is -2.43. The number of furan rings is 1. The van der Waals surface area contributed by atoms with Gasteiger partial charge in [-0.2, -0.15) is 0 Å². The van der Waals surface area contributed by atoms with Gasteiger partial charge in [0.1, 0.15) is 5.76 Å². The number of likely N-dealkylation sites (tertiary alicyclic amines) is 1. The Labute approximate surface area is 151 Å². The molecule has 0 saturated carbocycles. The fraction of sp³-hybridized carbons (Fsp3) is 0.368. The van der Waals surface area contributed by atoms with Crippen LogP contribution in [0.5, 0.6) is 0 Å². The van der Waals surface area contributed by atoms with E-state index in [1.807, 2.05) is 29.2 Å². The van der Waals surface area contributed by atoms with Crippen molar-refractivity contribution in [2.45, 2.75) is 32.2 Å². The zero-order valence-corrected chi connectivity index (χ0v) is 14.9. The zero-order chi connectivity index (χ0) is 17.8. The number of nitrogens with zero attached hydrogens (tertiary/aromatic N) is 1. The van der Waals surface area contributed by atoms with Crippen LogP contribution in [0, 0.1) is 6.92 Å². The lowest BCUT2D eigenvalue weighted by molar-refractivity contribution is -0.130. The maximum Gasteiger partial charge on any atom is 0.255 e. The molecular weight excluding hydrogens is 340 g/mol. The van der Waals surface area contributed by atoms with Crippen molar-refractivity contribution < 1.29 is 14.0 Å². The van der Waals surface area contributed by atoms with E-state index in [1.54, 1.807) is 13.0 Å². The molecule has 25 heavy (non-hydrogen) atoms. The molecule has 6 heteroatoms. The molecule has 2 heterocycles. The molecule has 0 bridgehead atoms. The summed E-state index contributed by atoms with van der Waals surface area (Å²) in [6, 6.07) is 9.44. The van der Waals surface area contributed by atoms with E-state index in [0.29, 0.717) is 17.9 Å². The zero-order valence-electron chi connectivity index (χ0n) is 14.1. The molecule has 2 aromatic rings. The quantitative estimate of drug-likeness (QED) is 0.890. The number of halogens is 1. The average Bonchev–Trinajstić information content (AvgIpc) is 3.23. The van der Waals surface area contributed by atoms with Crippen molar-refractivity contribution in [1.29, 1.82) is 0 Å². The van der Waals surface area contributed by atoms with Gasteiger partial charge in [-0.3, -0.25) is 9.59 Å². The molecule has 1 aliphatic rings. The third-order valence-electron chi connectivity index (χ3n) is 4.61. The SMILES string of the molecule is Cc1occc1C(=O)NCC(=O)N1CCCC1Cc1ccccc1Cl. The van der Waals surface area contributed by atoms with Crippen molar-refractivity contribution in [2.24, 2.45) is 0 Å². The van der Waals surface area contributed by atoms with Crippen molar-refractivity contribution in [3.05, 3.63) is 58.5 Å². The Morgan fingerprint density at radius 3 is 2.84 bits per heavy atom. The number of hydrogen-bond donors (Lipinski definition) is 1. The molecule has 1 aromatic heterocycles. The first-order valence-electron chi connectivity index (χ1n) is 8.41. The first-order valence-corrected chi connectivity index (χ1v) is 8.79. The molecule has 2 amide bonds. The van der Waals surface area contributed by atoms with Crippen LogP contribution >= 0.6 is 11.6 Å². The molecule has 0 spiro atoms. The summed E-state index contributed by atoms with van der Waals surface area (Å²) in [5, 5.41) is 3.41. The van der Waals surface area contributed by atoms with Crippen molar-refractivity contribution in [2.75, 3.05) is 13.1 Å². The van der Waals surface area contributed by atoms with Gasteiger partial charge in [0, 0.05) is 17.6 Å². The molecule has 1 fully saturated rings. The van der Waals surface area contributed by atoms with Gasteiger partial charge in [-0.1, -0.05) is 29.8 Å². The molecule has 3 rings (SSSR count). The van der Waals surface area contributed by atoms with E-state index in [-0.39, 0.29) is 24.4 Å². The molecule has 5 nitrogen and oxygen atoms in total. The van der Waals surface area contributed by atoms with Crippen molar-refractivity contribution in [3.63, 3.8) is 0 Å². The number of nitrogens with one attached hydrogen (secondary N) is 1. The normalized spacial score (nSPS) is 16.9. The molecule has 1 N–H and O–H groups in total. The fourth-order valence-corrected chi connectivity index (χ4v) is 3.48. The molecule has 1 saturated heterocycles. The number of hydrogen-bond acceptors (Lipinski definition) is 3. The van der Waals surface area contributed by atoms with Crippen LogP contribution in [0.2, 0.25) is 5.02 Å². The highest BCUT2D eigenvalue weighted by molar-refractivity contribution is 6.31. The molecule has 0 aliphatic carbocycles. The molecule has 132 valence electrons. The van der Waals surface area contributed by atoms with E-state index < -0.39 is 0 Å². The third-order valence-corrected chi connectivity index (χ3v) is 4.98. The second kappa shape index (κ2) is 7.74. The van der Waals surface area contributed by atoms with E-state index in [9.17, 15) is 9.59 Å². The van der Waals surface area contributed by atoms with Crippen LogP contribution in [0.15, 0.2) is 41.0 Å². The molecule has 1 aromatic carbocycles. The van der Waals surface area contributed by atoms with Crippen LogP contribution in [0.4, 0.5) is 0 Å². The van der Waals surface area contributed by atoms with Gasteiger partial charge in [0.15, 0.2) is 0 Å². The largest absolute Gasteiger partial charge is 0.469 e. The second-order valence-corrected chi connectivity index (χ2v) is 6.66. The van der Waals surface area contributed by atoms with Gasteiger partial charge in [-0.15, -0.1) is 0 Å². The Morgan fingerprint density at radius 1 is 1.32 bits per heavy atom. The summed E-state index contributed by atoms with van der Waals surface area (Å²) < 4.78 is 5.12. The number of rotatable bonds is 5. The van der Waals surface area contributed by atoms with Crippen molar-refractivity contribution in [3.8, 4) is 0 Å². The fourth-order valence-electron chi connectivity index (χ4n) is 3.27. The highest BCUT2D eigenvalue weighted by atomic mass is 35.5. The van der Waals surface area contributed by atoms with Crippen LogP contribution in [0.1, 0.15) is 34.5 Å². The summed E-state index contributed by atoms with van der Waals surface area (Å²) in [5.41, 5.74) is 1.51. The van der Waals surface area contributed by atoms with Crippen molar-refractivity contribution in [1.82, 2.24) is 10.2 Å². The smallest absolute Gasteiger partial charge is 0.255 e. The molecule has 1 aliphatic heterocycles. The van der Waals surface area contributed by atoms with Crippen LogP contribution in [-0.4, -0.2) is 35.8 Å². The lowest BCUT2D eigenvalue weighted by Gasteiger charge is -2.25. The van der Waals surface area contributed by atoms with Gasteiger partial charge in [-0.25, -0.2) is 0 Å². The van der Waals surface area contributed by atoms with Gasteiger partial charge >= 0.3 is 0 Å². The number of carbonyl (C=O) groups excluding carboxylic acids is 2. The highest BCUT2D eigenvalue weighted by Crippen LogP contribution is 2.24. The number of amides is 2. The van der Waals surface area contributed by atoms with Gasteiger partial charge in [0.25, 0.3) is 5.91 Å². The van der Waals surface area contributed by atoms with E-state index >= 15 is 0 Å². The maximum atomic E-state index is 12.5. The van der Waals surface area contributed by atoms with Crippen molar-refractivity contribution >= 4 is 23.4 Å². The van der Waals surface area contributed by atoms with Gasteiger partial charge in [0.05, 0.1) is 18.4 Å². The summed E-state index contributed by atoms with van der Waals surface area (Å²) in [7, 11) is 0. The predicted octanol–water partition coefficient (Wildman–Crippen LogP) is 3.20. The van der Waals surface area contributed by atoms with E-state index in [2.05, 4.69) is 5.32 Å². The Kier molecular flexibility index (Phi) is 5.43. The molecular formula is C19H21ClN2O3. The van der Waals surface area contributed by atoms with Crippen LogP contribution in [0.25, 0.3) is 0 Å². The average molecular weight is 361 g/mol. The standard InChI is InChI=1S/C19H21ClN2O3/c1-13-16(8-10-25-13)19(24)21-12-18(23)22-9-4-6-15(22)11-14-5-2-3-7-17(14)20/h2-3,5,7-8,10,15H,4,6,9,11-12H2,1H3,(H,21,24). The minimum atomic E-state index is -0.290. The maximum absolute atomic E-state index is 12.5. The van der Waals surface area contributed by atoms with Gasteiger partial charge in [-0.05, 0) is 43.9 Å². The lowest BCUT2D eigenvalue weighted by atomic mass is 10.0. The van der Waals surface area contributed by atoms with Crippen LogP contribution in [0.3, 0.4) is 0 Å². The summed E-state index contributed by atoms with van der Waals surface area (Å²) in [6.07, 6.45) is 4.12. The first kappa shape index (κ1) is 17.5. The minimum Gasteiger partial charge on any atom is -0.469 e. The summed E-state index contributed by atoms with van der Waals surface area (Å²) in [4.78, 5) is 26.5.